The van der Waals surface area contributed by atoms with Gasteiger partial charge in [-0.3, -0.25) is 4.57 Å². The molecule has 1 atom stereocenters. The molecule has 0 aromatic carbocycles. The second-order valence-electron chi connectivity index (χ2n) is 5.92. The standard InChI is InChI=1S/C20H34FO2P/c1-2-3-4-5-6-7-8-9-10-11-12-13-14-15-16-17-18-19-20-24(21,22)23/h6-7,9-10,12-13,15-16H,2-5,8,11,14,17-20H2,1H3,(H,22,23). The largest absolute Gasteiger partial charge is 0.365 e. The van der Waals surface area contributed by atoms with Gasteiger partial charge in [0, 0.05) is 0 Å². The molecule has 0 bridgehead atoms. The Kier molecular flexibility index (Phi) is 16.3. The van der Waals surface area contributed by atoms with E-state index in [9.17, 15) is 8.76 Å². The minimum absolute atomic E-state index is 0.221. The molecule has 138 valence electrons. The summed E-state index contributed by atoms with van der Waals surface area (Å²) in [5, 5.41) is 0. The molecule has 1 unspecified atom stereocenters. The highest BCUT2D eigenvalue weighted by Gasteiger charge is 2.13. The summed E-state index contributed by atoms with van der Waals surface area (Å²) in [6.45, 7) is 2.22. The minimum atomic E-state index is -4.30. The lowest BCUT2D eigenvalue weighted by Crippen LogP contribution is -1.83. The molecule has 0 amide bonds. The lowest BCUT2D eigenvalue weighted by molar-refractivity contribution is 0.427. The van der Waals surface area contributed by atoms with Crippen LogP contribution < -0.4 is 0 Å². The summed E-state index contributed by atoms with van der Waals surface area (Å²) in [7, 11) is -4.30. The maximum absolute atomic E-state index is 12.4. The first kappa shape index (κ1) is 23.1. The van der Waals surface area contributed by atoms with Crippen molar-refractivity contribution < 1.29 is 13.7 Å². The molecule has 0 fully saturated rings. The van der Waals surface area contributed by atoms with Crippen LogP contribution in [0, 0.1) is 0 Å². The summed E-state index contributed by atoms with van der Waals surface area (Å²) < 4.78 is 22.8. The van der Waals surface area contributed by atoms with Crippen molar-refractivity contribution in [3.8, 4) is 0 Å². The number of unbranched alkanes of at least 4 members (excludes halogenated alkanes) is 5. The fourth-order valence-corrected chi connectivity index (χ4v) is 2.74. The van der Waals surface area contributed by atoms with Gasteiger partial charge >= 0.3 is 7.68 Å². The van der Waals surface area contributed by atoms with Crippen LogP contribution in [0.3, 0.4) is 0 Å². The van der Waals surface area contributed by atoms with Crippen LogP contribution in [0.25, 0.3) is 0 Å². The van der Waals surface area contributed by atoms with Crippen molar-refractivity contribution in [1.29, 1.82) is 0 Å². The van der Waals surface area contributed by atoms with Crippen molar-refractivity contribution in [3.63, 3.8) is 0 Å². The van der Waals surface area contributed by atoms with Crippen molar-refractivity contribution >= 4 is 7.68 Å². The van der Waals surface area contributed by atoms with Gasteiger partial charge < -0.3 is 4.89 Å². The monoisotopic (exact) mass is 356 g/mol. The predicted molar refractivity (Wildman–Crippen MR) is 104 cm³/mol. The Hall–Kier alpha value is -0.920. The summed E-state index contributed by atoms with van der Waals surface area (Å²) in [6.07, 6.45) is 27.1. The van der Waals surface area contributed by atoms with Gasteiger partial charge in [0.05, 0.1) is 6.16 Å². The maximum atomic E-state index is 12.4. The van der Waals surface area contributed by atoms with Crippen LogP contribution in [-0.2, 0) is 4.57 Å². The van der Waals surface area contributed by atoms with E-state index in [1.807, 2.05) is 6.08 Å². The quantitative estimate of drug-likeness (QED) is 0.190. The Morgan fingerprint density at radius 3 is 1.58 bits per heavy atom. The van der Waals surface area contributed by atoms with E-state index in [4.69, 9.17) is 4.89 Å². The smallest absolute Gasteiger partial charge is 0.321 e. The zero-order valence-electron chi connectivity index (χ0n) is 15.1. The number of hydrogen-bond donors (Lipinski definition) is 1. The highest BCUT2D eigenvalue weighted by atomic mass is 31.2. The van der Waals surface area contributed by atoms with Crippen molar-refractivity contribution in [2.24, 2.45) is 0 Å². The van der Waals surface area contributed by atoms with Crippen molar-refractivity contribution in [2.45, 2.75) is 71.1 Å². The van der Waals surface area contributed by atoms with Crippen LogP contribution in [-0.4, -0.2) is 11.1 Å². The normalized spacial score (nSPS) is 15.3. The lowest BCUT2D eigenvalue weighted by atomic mass is 10.2. The van der Waals surface area contributed by atoms with Gasteiger partial charge in [0.1, 0.15) is 0 Å². The molecule has 2 nitrogen and oxygen atoms in total. The van der Waals surface area contributed by atoms with Gasteiger partial charge in [-0.1, -0.05) is 68.4 Å². The molecule has 0 aliphatic carbocycles. The molecule has 0 saturated heterocycles. The van der Waals surface area contributed by atoms with Crippen LogP contribution in [0.15, 0.2) is 48.6 Å². The topological polar surface area (TPSA) is 37.3 Å². The van der Waals surface area contributed by atoms with Crippen molar-refractivity contribution in [2.75, 3.05) is 6.16 Å². The lowest BCUT2D eigenvalue weighted by Gasteiger charge is -1.98. The highest BCUT2D eigenvalue weighted by Crippen LogP contribution is 2.42. The summed E-state index contributed by atoms with van der Waals surface area (Å²) in [5.74, 6) is 0. The fraction of sp³-hybridized carbons (Fsp3) is 0.600. The first-order valence-corrected chi connectivity index (χ1v) is 10.9. The molecule has 24 heavy (non-hydrogen) atoms. The molecule has 1 N–H and O–H groups in total. The second-order valence-corrected chi connectivity index (χ2v) is 7.60. The van der Waals surface area contributed by atoms with E-state index in [0.29, 0.717) is 6.42 Å². The van der Waals surface area contributed by atoms with E-state index in [2.05, 4.69) is 49.5 Å². The fourth-order valence-electron chi connectivity index (χ4n) is 2.13. The molecule has 0 spiro atoms. The molecule has 0 radical (unpaired) electrons. The molecule has 0 heterocycles. The van der Waals surface area contributed by atoms with Crippen LogP contribution in [0.4, 0.5) is 4.20 Å². The summed E-state index contributed by atoms with van der Waals surface area (Å²) in [4.78, 5) is 8.51. The van der Waals surface area contributed by atoms with Gasteiger partial charge in [0.15, 0.2) is 0 Å². The Morgan fingerprint density at radius 1 is 0.750 bits per heavy atom. The minimum Gasteiger partial charge on any atom is -0.321 e. The van der Waals surface area contributed by atoms with Gasteiger partial charge in [-0.2, -0.15) is 4.20 Å². The Labute approximate surface area is 147 Å². The molecule has 0 rings (SSSR count). The first-order chi connectivity index (χ1) is 11.6. The van der Waals surface area contributed by atoms with E-state index in [1.54, 1.807) is 0 Å². The number of hydrogen-bond acceptors (Lipinski definition) is 1. The Bertz CT molecular complexity index is 433. The Morgan fingerprint density at radius 2 is 1.17 bits per heavy atom. The summed E-state index contributed by atoms with van der Waals surface area (Å²) in [6, 6.07) is 0. The number of halogens is 1. The van der Waals surface area contributed by atoms with Crippen LogP contribution in [0.2, 0.25) is 0 Å². The number of allylic oxidation sites excluding steroid dienone is 8. The van der Waals surface area contributed by atoms with Crippen molar-refractivity contribution in [3.05, 3.63) is 48.6 Å². The second kappa shape index (κ2) is 16.9. The molecular weight excluding hydrogens is 322 g/mol. The highest BCUT2D eigenvalue weighted by molar-refractivity contribution is 7.52. The SMILES string of the molecule is CCCCCC=CCC=CCC=CCC=CCCCCP(=O)(O)F. The van der Waals surface area contributed by atoms with E-state index >= 15 is 0 Å². The molecule has 0 aromatic heterocycles. The Balaban J connectivity index is 3.44. The molecular formula is C20H34FO2P. The maximum Gasteiger partial charge on any atom is 0.365 e. The van der Waals surface area contributed by atoms with Crippen LogP contribution >= 0.6 is 7.68 Å². The van der Waals surface area contributed by atoms with Crippen molar-refractivity contribution in [1.82, 2.24) is 0 Å². The van der Waals surface area contributed by atoms with E-state index in [-0.39, 0.29) is 6.16 Å². The summed E-state index contributed by atoms with van der Waals surface area (Å²) in [5.41, 5.74) is 0. The van der Waals surface area contributed by atoms with Crippen LogP contribution in [0.5, 0.6) is 0 Å². The third-order valence-electron chi connectivity index (χ3n) is 3.51. The molecule has 0 aliphatic heterocycles. The molecule has 0 aliphatic rings. The van der Waals surface area contributed by atoms with Gasteiger partial charge in [0.2, 0.25) is 0 Å². The average Bonchev–Trinajstić information content (AvgIpc) is 2.52. The molecule has 0 aromatic rings. The zero-order valence-corrected chi connectivity index (χ0v) is 16.0. The predicted octanol–water partition coefficient (Wildman–Crippen LogP) is 7.29. The van der Waals surface area contributed by atoms with Crippen LogP contribution in [0.1, 0.15) is 71.1 Å². The average molecular weight is 356 g/mol. The van der Waals surface area contributed by atoms with Gasteiger partial charge in [0.25, 0.3) is 0 Å². The zero-order chi connectivity index (χ0) is 17.9. The summed E-state index contributed by atoms with van der Waals surface area (Å²) >= 11 is 0. The molecule has 0 saturated carbocycles. The van der Waals surface area contributed by atoms with Gasteiger partial charge in [-0.25, -0.2) is 0 Å². The van der Waals surface area contributed by atoms with E-state index < -0.39 is 7.68 Å². The van der Waals surface area contributed by atoms with Gasteiger partial charge in [-0.05, 0) is 51.4 Å². The first-order valence-electron chi connectivity index (χ1n) is 9.17. The third kappa shape index (κ3) is 21.1. The van der Waals surface area contributed by atoms with E-state index in [0.717, 1.165) is 32.1 Å². The van der Waals surface area contributed by atoms with Gasteiger partial charge in [-0.15, -0.1) is 0 Å². The molecule has 4 heteroatoms. The third-order valence-corrected chi connectivity index (χ3v) is 4.38. The number of rotatable bonds is 15. The van der Waals surface area contributed by atoms with E-state index in [1.165, 1.54) is 25.7 Å².